The molecule has 0 aromatic rings. The third-order valence-corrected chi connectivity index (χ3v) is 37.1. The zero-order valence-electron chi connectivity index (χ0n) is 25.5. The van der Waals surface area contributed by atoms with Crippen LogP contribution in [-0.2, 0) is 0 Å². The van der Waals surface area contributed by atoms with Gasteiger partial charge in [-0.1, -0.05) is 0 Å². The van der Waals surface area contributed by atoms with E-state index in [0.717, 1.165) is 22.1 Å². The van der Waals surface area contributed by atoms with Crippen LogP contribution in [0.1, 0.15) is 169 Å². The van der Waals surface area contributed by atoms with Crippen LogP contribution in [0.5, 0.6) is 0 Å². The number of hydrogen-bond donors (Lipinski definition) is 0. The standard InChI is InChI=1S/C34H68P2/c1-5-9-13-15-27-36(28-16-14-10-6-2,34-23-19-32(30-34)20-24-34)35(25-11-7-3,26-12-8-4)33-21-17-31(29-33)18-22-33/h31-32,35-36H,5-30H2,1-4H3. The molecule has 4 aliphatic carbocycles. The van der Waals surface area contributed by atoms with Crippen LogP contribution >= 0.6 is 13.9 Å². The average molecular weight is 539 g/mol. The zero-order chi connectivity index (χ0) is 25.5. The summed E-state index contributed by atoms with van der Waals surface area (Å²) >= 11 is 0. The topological polar surface area (TPSA) is 0 Å². The van der Waals surface area contributed by atoms with Crippen LogP contribution in [0, 0.1) is 11.8 Å². The van der Waals surface area contributed by atoms with Gasteiger partial charge in [0.05, 0.1) is 0 Å². The van der Waals surface area contributed by atoms with Gasteiger partial charge >= 0.3 is 230 Å². The first kappa shape index (κ1) is 29.8. The van der Waals surface area contributed by atoms with Crippen LogP contribution in [0.15, 0.2) is 0 Å². The third kappa shape index (κ3) is 5.42. The van der Waals surface area contributed by atoms with Gasteiger partial charge in [-0.3, -0.25) is 0 Å². The molecule has 0 aromatic heterocycles. The maximum absolute atomic E-state index is 2.54. The van der Waals surface area contributed by atoms with Gasteiger partial charge < -0.3 is 0 Å². The second-order valence-corrected chi connectivity index (χ2v) is 29.0. The van der Waals surface area contributed by atoms with Crippen molar-refractivity contribution in [2.75, 3.05) is 24.6 Å². The quantitative estimate of drug-likeness (QED) is 0.113. The van der Waals surface area contributed by atoms with Crippen molar-refractivity contribution in [1.29, 1.82) is 0 Å². The molecule has 0 aromatic carbocycles. The second-order valence-electron chi connectivity index (χ2n) is 14.8. The number of hydrogen-bond acceptors (Lipinski definition) is 0. The fraction of sp³-hybridized carbons (Fsp3) is 1.00. The third-order valence-electron chi connectivity index (χ3n) is 13.3. The van der Waals surface area contributed by atoms with Crippen molar-refractivity contribution in [3.63, 3.8) is 0 Å². The van der Waals surface area contributed by atoms with E-state index in [-0.39, 0.29) is 0 Å². The van der Waals surface area contributed by atoms with Crippen molar-refractivity contribution in [1.82, 2.24) is 0 Å². The van der Waals surface area contributed by atoms with Crippen LogP contribution < -0.4 is 0 Å². The van der Waals surface area contributed by atoms with Gasteiger partial charge in [-0.2, -0.15) is 0 Å². The SMILES string of the molecule is CCCCCC[PH](CCCCCC)(C12CCC(CC1)C2)[PH](CCCC)(CCCC)C12CCC(CC1)C2. The number of unbranched alkanes of at least 4 members (excludes halogenated alkanes) is 8. The molecule has 0 saturated heterocycles. The summed E-state index contributed by atoms with van der Waals surface area (Å²) in [5.74, 6) is 2.29. The minimum atomic E-state index is -1.42. The predicted octanol–water partition coefficient (Wildman–Crippen LogP) is 11.8. The molecule has 4 saturated carbocycles. The molecule has 0 spiro atoms. The summed E-state index contributed by atoms with van der Waals surface area (Å²) < 4.78 is 0. The predicted molar refractivity (Wildman–Crippen MR) is 173 cm³/mol. The average Bonchev–Trinajstić information content (AvgIpc) is 3.71. The minimum absolute atomic E-state index is 0.902. The Labute approximate surface area is 229 Å². The van der Waals surface area contributed by atoms with Crippen LogP contribution in [0.2, 0.25) is 0 Å². The molecule has 0 nitrogen and oxygen atoms in total. The fourth-order valence-electron chi connectivity index (χ4n) is 11.7. The van der Waals surface area contributed by atoms with E-state index in [0.29, 0.717) is 0 Å². The van der Waals surface area contributed by atoms with E-state index >= 15 is 0 Å². The summed E-state index contributed by atoms with van der Waals surface area (Å²) in [6.07, 6.45) is 42.3. The Bertz CT molecular complexity index is 618. The van der Waals surface area contributed by atoms with Gasteiger partial charge in [-0.15, -0.1) is 0 Å². The van der Waals surface area contributed by atoms with Crippen molar-refractivity contribution < 1.29 is 0 Å². The molecule has 0 amide bonds. The molecule has 0 unspecified atom stereocenters. The number of rotatable bonds is 19. The Balaban J connectivity index is 1.84. The molecule has 214 valence electrons. The van der Waals surface area contributed by atoms with Gasteiger partial charge in [0.2, 0.25) is 0 Å². The van der Waals surface area contributed by atoms with Gasteiger partial charge in [0, 0.05) is 0 Å². The van der Waals surface area contributed by atoms with Gasteiger partial charge in [-0.05, 0) is 0 Å². The Hall–Kier alpha value is 0.860. The Morgan fingerprint density at radius 1 is 0.444 bits per heavy atom. The fourth-order valence-corrected chi connectivity index (χ4v) is 41.8. The summed E-state index contributed by atoms with van der Waals surface area (Å²) in [6, 6.07) is 0. The van der Waals surface area contributed by atoms with E-state index < -0.39 is 13.9 Å². The first-order valence-electron chi connectivity index (χ1n) is 17.6. The van der Waals surface area contributed by atoms with Crippen molar-refractivity contribution in [2.24, 2.45) is 11.8 Å². The van der Waals surface area contributed by atoms with Crippen LogP contribution in [0.25, 0.3) is 0 Å². The normalized spacial score (nSPS) is 32.6. The molecule has 0 N–H and O–H groups in total. The molecule has 0 heterocycles. The molecule has 2 heteroatoms. The maximum atomic E-state index is 2.54. The van der Waals surface area contributed by atoms with Crippen molar-refractivity contribution in [2.45, 2.75) is 179 Å². The van der Waals surface area contributed by atoms with Gasteiger partial charge in [0.25, 0.3) is 0 Å². The Kier molecular flexibility index (Phi) is 11.2. The molecule has 36 heavy (non-hydrogen) atoms. The Morgan fingerprint density at radius 3 is 1.06 bits per heavy atom. The summed E-state index contributed by atoms with van der Waals surface area (Å²) in [4.78, 5) is 0. The molecule has 4 fully saturated rings. The van der Waals surface area contributed by atoms with Gasteiger partial charge in [0.1, 0.15) is 0 Å². The molecule has 0 atom stereocenters. The van der Waals surface area contributed by atoms with E-state index in [1.807, 2.05) is 0 Å². The van der Waals surface area contributed by atoms with Crippen molar-refractivity contribution in [3.05, 3.63) is 0 Å². The molecule has 0 radical (unpaired) electrons. The first-order chi connectivity index (χ1) is 17.6. The van der Waals surface area contributed by atoms with Crippen molar-refractivity contribution in [3.8, 4) is 0 Å². The number of fused-ring (bicyclic) bond motifs is 4. The van der Waals surface area contributed by atoms with Crippen LogP contribution in [0.3, 0.4) is 0 Å². The van der Waals surface area contributed by atoms with E-state index in [4.69, 9.17) is 0 Å². The Morgan fingerprint density at radius 2 is 0.778 bits per heavy atom. The van der Waals surface area contributed by atoms with Crippen molar-refractivity contribution >= 4 is 13.9 Å². The summed E-state index contributed by atoms with van der Waals surface area (Å²) in [6.45, 7) is 7.12. The summed E-state index contributed by atoms with van der Waals surface area (Å²) in [7, 11) is 0. The molecule has 0 aliphatic heterocycles. The first-order valence-corrected chi connectivity index (χ1v) is 23.4. The molecule has 4 rings (SSSR count). The van der Waals surface area contributed by atoms with E-state index in [9.17, 15) is 0 Å². The van der Waals surface area contributed by atoms with Crippen LogP contribution in [-0.4, -0.2) is 35.0 Å². The molecule has 4 bridgehead atoms. The second kappa shape index (κ2) is 13.5. The van der Waals surface area contributed by atoms with Gasteiger partial charge in [-0.25, -0.2) is 0 Å². The monoisotopic (exact) mass is 538 g/mol. The zero-order valence-corrected chi connectivity index (χ0v) is 27.5. The summed E-state index contributed by atoms with van der Waals surface area (Å²) in [5.41, 5.74) is 0. The van der Waals surface area contributed by atoms with E-state index in [1.54, 1.807) is 127 Å². The van der Waals surface area contributed by atoms with E-state index in [1.165, 1.54) is 38.5 Å². The molecule has 4 aliphatic rings. The van der Waals surface area contributed by atoms with E-state index in [2.05, 4.69) is 27.7 Å². The van der Waals surface area contributed by atoms with Crippen LogP contribution in [0.4, 0.5) is 0 Å². The van der Waals surface area contributed by atoms with Gasteiger partial charge in [0.15, 0.2) is 0 Å². The molecular formula is C34H68P2. The molecular weight excluding hydrogens is 470 g/mol. The summed E-state index contributed by atoms with van der Waals surface area (Å²) in [5, 5.41) is 1.80.